The quantitative estimate of drug-likeness (QED) is 0.805. The predicted molar refractivity (Wildman–Crippen MR) is 99.0 cm³/mol. The number of hydrogen-bond donors (Lipinski definition) is 2. The van der Waals surface area contributed by atoms with Crippen LogP contribution in [0.15, 0.2) is 0 Å². The average Bonchev–Trinajstić information content (AvgIpc) is 3.34. The Labute approximate surface area is 156 Å². The Morgan fingerprint density at radius 3 is 2.58 bits per heavy atom. The number of aliphatic carboxylic acids is 1. The maximum absolute atomic E-state index is 12.7. The molecule has 2 saturated carbocycles. The number of fused-ring (bicyclic) bond motifs is 1. The van der Waals surface area contributed by atoms with E-state index in [2.05, 4.69) is 10.2 Å². The number of nitrogens with one attached hydrogen (secondary N) is 1. The van der Waals surface area contributed by atoms with Crippen molar-refractivity contribution in [3.05, 3.63) is 0 Å². The van der Waals surface area contributed by atoms with Crippen LogP contribution in [0, 0.1) is 11.3 Å². The summed E-state index contributed by atoms with van der Waals surface area (Å²) in [5.74, 6) is -0.578. The molecule has 0 spiro atoms. The zero-order valence-electron chi connectivity index (χ0n) is 15.8. The van der Waals surface area contributed by atoms with Crippen LogP contribution >= 0.6 is 0 Å². The highest BCUT2D eigenvalue weighted by Gasteiger charge is 2.55. The summed E-state index contributed by atoms with van der Waals surface area (Å²) >= 11 is 0. The van der Waals surface area contributed by atoms with Gasteiger partial charge < -0.3 is 15.3 Å². The third kappa shape index (κ3) is 3.21. The van der Waals surface area contributed by atoms with Crippen LogP contribution in [-0.4, -0.2) is 65.2 Å². The van der Waals surface area contributed by atoms with Gasteiger partial charge in [0.05, 0.1) is 5.41 Å². The van der Waals surface area contributed by atoms with E-state index in [0.717, 1.165) is 19.3 Å². The molecule has 6 heteroatoms. The molecule has 2 aliphatic heterocycles. The van der Waals surface area contributed by atoms with Gasteiger partial charge in [0.1, 0.15) is 0 Å². The molecule has 1 unspecified atom stereocenters. The Balaban J connectivity index is 1.31. The van der Waals surface area contributed by atoms with Crippen molar-refractivity contribution in [3.8, 4) is 0 Å². The van der Waals surface area contributed by atoms with Gasteiger partial charge in [0.2, 0.25) is 0 Å². The zero-order chi connectivity index (χ0) is 18.1. The monoisotopic (exact) mass is 363 g/mol. The van der Waals surface area contributed by atoms with E-state index in [9.17, 15) is 14.7 Å². The first-order valence-corrected chi connectivity index (χ1v) is 10.6. The SMILES string of the molecule is O=C(NCC1CCCN1C1CCCCC1)N1C[C@@H]2CCC[C@@]2(C(=O)O)C1. The highest BCUT2D eigenvalue weighted by atomic mass is 16.4. The fraction of sp³-hybridized carbons (Fsp3) is 0.900. The summed E-state index contributed by atoms with van der Waals surface area (Å²) in [4.78, 5) is 28.9. The van der Waals surface area contributed by atoms with Crippen LogP contribution in [0.5, 0.6) is 0 Å². The molecule has 3 atom stereocenters. The van der Waals surface area contributed by atoms with Crippen LogP contribution in [0.25, 0.3) is 0 Å². The molecule has 2 saturated heterocycles. The molecule has 6 nitrogen and oxygen atoms in total. The molecule has 4 rings (SSSR count). The topological polar surface area (TPSA) is 72.9 Å². The average molecular weight is 364 g/mol. The highest BCUT2D eigenvalue weighted by molar-refractivity contribution is 5.80. The lowest BCUT2D eigenvalue weighted by Gasteiger charge is -2.35. The number of rotatable bonds is 4. The van der Waals surface area contributed by atoms with Crippen LogP contribution in [-0.2, 0) is 4.79 Å². The first-order chi connectivity index (χ1) is 12.6. The van der Waals surface area contributed by atoms with Crippen molar-refractivity contribution in [1.29, 1.82) is 0 Å². The third-order valence-corrected chi connectivity index (χ3v) is 7.54. The predicted octanol–water partition coefficient (Wildman–Crippen LogP) is 2.68. The van der Waals surface area contributed by atoms with Crippen LogP contribution in [0.2, 0.25) is 0 Å². The number of carboxylic acids is 1. The van der Waals surface area contributed by atoms with E-state index in [-0.39, 0.29) is 11.9 Å². The molecular weight excluding hydrogens is 330 g/mol. The molecule has 0 aromatic heterocycles. The molecule has 26 heavy (non-hydrogen) atoms. The minimum absolute atomic E-state index is 0.0597. The smallest absolute Gasteiger partial charge is 0.317 e. The van der Waals surface area contributed by atoms with Crippen molar-refractivity contribution in [1.82, 2.24) is 15.1 Å². The molecule has 0 bridgehead atoms. The maximum atomic E-state index is 12.7. The summed E-state index contributed by atoms with van der Waals surface area (Å²) in [6.07, 6.45) is 11.7. The lowest BCUT2D eigenvalue weighted by Crippen LogP contribution is -2.48. The Morgan fingerprint density at radius 1 is 1.04 bits per heavy atom. The van der Waals surface area contributed by atoms with Crippen molar-refractivity contribution < 1.29 is 14.7 Å². The number of urea groups is 1. The van der Waals surface area contributed by atoms with Crippen molar-refractivity contribution in [3.63, 3.8) is 0 Å². The van der Waals surface area contributed by atoms with Gasteiger partial charge in [-0.25, -0.2) is 4.79 Å². The minimum atomic E-state index is -0.713. The lowest BCUT2D eigenvalue weighted by atomic mass is 9.81. The van der Waals surface area contributed by atoms with Gasteiger partial charge in [-0.05, 0) is 51.0 Å². The van der Waals surface area contributed by atoms with E-state index in [4.69, 9.17) is 0 Å². The fourth-order valence-corrected chi connectivity index (χ4v) is 6.08. The standard InChI is InChI=1S/C20H33N3O3/c24-18(25)20-10-4-6-15(20)13-22(14-20)19(26)21-12-17-9-5-11-23(17)16-7-2-1-3-8-16/h15-17H,1-14H2,(H,21,26)(H,24,25)/t15-,17?,20+/m0/s1. The first-order valence-electron chi connectivity index (χ1n) is 10.6. The summed E-state index contributed by atoms with van der Waals surface area (Å²) in [7, 11) is 0. The molecule has 146 valence electrons. The van der Waals surface area contributed by atoms with Crippen molar-refractivity contribution in [2.24, 2.45) is 11.3 Å². The van der Waals surface area contributed by atoms with Crippen LogP contribution in [0.3, 0.4) is 0 Å². The summed E-state index contributed by atoms with van der Waals surface area (Å²) in [5, 5.41) is 12.8. The number of carboxylic acid groups (broad SMARTS) is 1. The molecule has 4 aliphatic rings. The number of carbonyl (C=O) groups is 2. The summed E-state index contributed by atoms with van der Waals surface area (Å²) in [5.41, 5.74) is -0.682. The molecule has 0 aromatic rings. The van der Waals surface area contributed by atoms with Gasteiger partial charge >= 0.3 is 12.0 Å². The second kappa shape index (κ2) is 7.37. The van der Waals surface area contributed by atoms with E-state index < -0.39 is 11.4 Å². The van der Waals surface area contributed by atoms with E-state index >= 15 is 0 Å². The maximum Gasteiger partial charge on any atom is 0.317 e. The molecule has 4 fully saturated rings. The van der Waals surface area contributed by atoms with Gasteiger partial charge in [0.15, 0.2) is 0 Å². The molecule has 0 aromatic carbocycles. The van der Waals surface area contributed by atoms with Gasteiger partial charge in [0.25, 0.3) is 0 Å². The lowest BCUT2D eigenvalue weighted by molar-refractivity contribution is -0.149. The van der Waals surface area contributed by atoms with Crippen molar-refractivity contribution >= 4 is 12.0 Å². The first kappa shape index (κ1) is 18.1. The van der Waals surface area contributed by atoms with Gasteiger partial charge in [-0.15, -0.1) is 0 Å². The number of amides is 2. The summed E-state index contributed by atoms with van der Waals surface area (Å²) < 4.78 is 0. The summed E-state index contributed by atoms with van der Waals surface area (Å²) in [6.45, 7) is 2.86. The molecular formula is C20H33N3O3. The highest BCUT2D eigenvalue weighted by Crippen LogP contribution is 2.48. The number of likely N-dealkylation sites (tertiary alicyclic amines) is 2. The van der Waals surface area contributed by atoms with E-state index in [0.29, 0.717) is 31.7 Å². The molecule has 2 amide bonds. The van der Waals surface area contributed by atoms with Crippen molar-refractivity contribution in [2.75, 3.05) is 26.2 Å². The molecule has 2 N–H and O–H groups in total. The Morgan fingerprint density at radius 2 is 1.85 bits per heavy atom. The largest absolute Gasteiger partial charge is 0.481 e. The molecule has 2 heterocycles. The third-order valence-electron chi connectivity index (χ3n) is 7.54. The fourth-order valence-electron chi connectivity index (χ4n) is 6.08. The second-order valence-corrected chi connectivity index (χ2v) is 8.94. The Bertz CT molecular complexity index is 548. The zero-order valence-corrected chi connectivity index (χ0v) is 15.8. The van der Waals surface area contributed by atoms with Crippen LogP contribution < -0.4 is 5.32 Å². The van der Waals surface area contributed by atoms with E-state index in [1.807, 2.05) is 0 Å². The van der Waals surface area contributed by atoms with E-state index in [1.165, 1.54) is 51.5 Å². The van der Waals surface area contributed by atoms with Gasteiger partial charge in [-0.3, -0.25) is 9.69 Å². The second-order valence-electron chi connectivity index (χ2n) is 8.94. The van der Waals surface area contributed by atoms with Crippen LogP contribution in [0.4, 0.5) is 4.79 Å². The Hall–Kier alpha value is -1.30. The van der Waals surface area contributed by atoms with E-state index in [1.54, 1.807) is 4.90 Å². The normalized spacial score (nSPS) is 35.6. The number of carbonyl (C=O) groups excluding carboxylic acids is 1. The molecule has 0 radical (unpaired) electrons. The van der Waals surface area contributed by atoms with Gasteiger partial charge in [0, 0.05) is 31.7 Å². The van der Waals surface area contributed by atoms with Gasteiger partial charge in [-0.1, -0.05) is 25.7 Å². The Kier molecular flexibility index (Phi) is 5.13. The minimum Gasteiger partial charge on any atom is -0.481 e. The summed E-state index contributed by atoms with van der Waals surface area (Å²) in [6, 6.07) is 1.10. The number of nitrogens with zero attached hydrogens (tertiary/aromatic N) is 2. The van der Waals surface area contributed by atoms with Gasteiger partial charge in [-0.2, -0.15) is 0 Å². The molecule has 2 aliphatic carbocycles. The van der Waals surface area contributed by atoms with Crippen molar-refractivity contribution in [2.45, 2.75) is 76.3 Å². The number of hydrogen-bond acceptors (Lipinski definition) is 3. The van der Waals surface area contributed by atoms with Crippen LogP contribution in [0.1, 0.15) is 64.2 Å².